The molecule has 3 nitrogen and oxygen atoms in total. The summed E-state index contributed by atoms with van der Waals surface area (Å²) in [6, 6.07) is 0.431. The highest BCUT2D eigenvalue weighted by atomic mass is 16.5. The van der Waals surface area contributed by atoms with Crippen molar-refractivity contribution in [1.82, 2.24) is 4.90 Å². The number of hydrogen-bond donors (Lipinski definition) is 1. The van der Waals surface area contributed by atoms with Crippen LogP contribution in [0.3, 0.4) is 0 Å². The van der Waals surface area contributed by atoms with Gasteiger partial charge in [0.1, 0.15) is 0 Å². The molecule has 0 aliphatic heterocycles. The summed E-state index contributed by atoms with van der Waals surface area (Å²) in [6.45, 7) is 11.5. The number of ether oxygens (including phenoxy) is 1. The molecule has 0 saturated carbocycles. The lowest BCUT2D eigenvalue weighted by Crippen LogP contribution is -2.56. The fourth-order valence-corrected chi connectivity index (χ4v) is 2.68. The number of likely N-dealkylation sites (N-methyl/N-ethyl adjacent to an activating group) is 1. The molecule has 0 saturated heterocycles. The van der Waals surface area contributed by atoms with Gasteiger partial charge in [0.25, 0.3) is 0 Å². The van der Waals surface area contributed by atoms with Crippen LogP contribution in [0.15, 0.2) is 0 Å². The van der Waals surface area contributed by atoms with Crippen LogP contribution in [-0.4, -0.2) is 43.3 Å². The van der Waals surface area contributed by atoms with E-state index in [4.69, 9.17) is 10.5 Å². The lowest BCUT2D eigenvalue weighted by atomic mass is 9.91. The van der Waals surface area contributed by atoms with Crippen LogP contribution in [0.2, 0.25) is 0 Å². The standard InChI is InChI=1S/C14H32N2O/c1-6-8-9-10-14(4,12-15)16(7-2)13(3)11-17-5/h13H,6-12,15H2,1-5H3. The molecule has 0 rings (SSSR count). The molecule has 0 radical (unpaired) electrons. The van der Waals surface area contributed by atoms with E-state index in [2.05, 4.69) is 32.6 Å². The summed E-state index contributed by atoms with van der Waals surface area (Å²) >= 11 is 0. The van der Waals surface area contributed by atoms with Crippen LogP contribution in [0, 0.1) is 0 Å². The first-order valence-electron chi connectivity index (χ1n) is 7.01. The first kappa shape index (κ1) is 16.9. The van der Waals surface area contributed by atoms with Crippen molar-refractivity contribution >= 4 is 0 Å². The van der Waals surface area contributed by atoms with Gasteiger partial charge in [-0.25, -0.2) is 0 Å². The summed E-state index contributed by atoms with van der Waals surface area (Å²) in [7, 11) is 1.77. The van der Waals surface area contributed by atoms with Gasteiger partial charge in [-0.3, -0.25) is 4.90 Å². The Morgan fingerprint density at radius 2 is 1.94 bits per heavy atom. The summed E-state index contributed by atoms with van der Waals surface area (Å²) in [4.78, 5) is 2.49. The third kappa shape index (κ3) is 5.36. The Hall–Kier alpha value is -0.120. The molecule has 0 heterocycles. The van der Waals surface area contributed by atoms with Crippen LogP contribution in [0.5, 0.6) is 0 Å². The lowest BCUT2D eigenvalue weighted by Gasteiger charge is -2.44. The molecule has 104 valence electrons. The summed E-state index contributed by atoms with van der Waals surface area (Å²) < 4.78 is 5.27. The molecule has 0 bridgehead atoms. The second-order valence-electron chi connectivity index (χ2n) is 5.25. The zero-order valence-electron chi connectivity index (χ0n) is 12.5. The van der Waals surface area contributed by atoms with E-state index in [-0.39, 0.29) is 5.54 Å². The van der Waals surface area contributed by atoms with E-state index >= 15 is 0 Å². The molecule has 0 aromatic rings. The van der Waals surface area contributed by atoms with E-state index in [1.165, 1.54) is 25.7 Å². The Morgan fingerprint density at radius 3 is 2.35 bits per heavy atom. The van der Waals surface area contributed by atoms with Crippen molar-refractivity contribution in [3.63, 3.8) is 0 Å². The Kier molecular flexibility index (Phi) is 8.83. The van der Waals surface area contributed by atoms with E-state index < -0.39 is 0 Å². The highest BCUT2D eigenvalue weighted by Crippen LogP contribution is 2.24. The molecule has 2 unspecified atom stereocenters. The molecule has 0 aromatic carbocycles. The minimum atomic E-state index is 0.113. The Labute approximate surface area is 108 Å². The summed E-state index contributed by atoms with van der Waals surface area (Å²) in [6.07, 6.45) is 5.01. The van der Waals surface area contributed by atoms with E-state index in [0.717, 1.165) is 19.7 Å². The van der Waals surface area contributed by atoms with E-state index in [1.54, 1.807) is 7.11 Å². The number of rotatable bonds is 10. The Morgan fingerprint density at radius 1 is 1.29 bits per heavy atom. The van der Waals surface area contributed by atoms with Crippen molar-refractivity contribution in [2.45, 2.75) is 65.0 Å². The topological polar surface area (TPSA) is 38.5 Å². The summed E-state index contributed by atoms with van der Waals surface area (Å²) in [5, 5.41) is 0. The molecule has 0 fully saturated rings. The second-order valence-corrected chi connectivity index (χ2v) is 5.25. The van der Waals surface area contributed by atoms with Crippen LogP contribution >= 0.6 is 0 Å². The van der Waals surface area contributed by atoms with Crippen molar-refractivity contribution in [2.75, 3.05) is 26.8 Å². The fourth-order valence-electron chi connectivity index (χ4n) is 2.68. The maximum atomic E-state index is 6.02. The second kappa shape index (κ2) is 8.90. The number of nitrogens with two attached hydrogens (primary N) is 1. The van der Waals surface area contributed by atoms with Gasteiger partial charge in [-0.1, -0.05) is 33.1 Å². The van der Waals surface area contributed by atoms with Crippen molar-refractivity contribution in [1.29, 1.82) is 0 Å². The molecule has 0 spiro atoms. The zero-order chi connectivity index (χ0) is 13.3. The molecule has 0 aliphatic carbocycles. The largest absolute Gasteiger partial charge is 0.383 e. The molecule has 17 heavy (non-hydrogen) atoms. The first-order valence-corrected chi connectivity index (χ1v) is 7.01. The highest BCUT2D eigenvalue weighted by molar-refractivity contribution is 4.89. The highest BCUT2D eigenvalue weighted by Gasteiger charge is 2.31. The summed E-state index contributed by atoms with van der Waals surface area (Å²) in [5.41, 5.74) is 6.13. The Balaban J connectivity index is 4.52. The SMILES string of the molecule is CCCCCC(C)(CN)N(CC)C(C)COC. The van der Waals surface area contributed by atoms with Gasteiger partial charge >= 0.3 is 0 Å². The monoisotopic (exact) mass is 244 g/mol. The third-order valence-corrected chi connectivity index (χ3v) is 3.73. The van der Waals surface area contributed by atoms with Crippen LogP contribution in [0.1, 0.15) is 53.4 Å². The predicted octanol–water partition coefficient (Wildman–Crippen LogP) is 2.64. The van der Waals surface area contributed by atoms with Gasteiger partial charge in [-0.2, -0.15) is 0 Å². The molecule has 0 amide bonds. The molecule has 0 aliphatic rings. The van der Waals surface area contributed by atoms with E-state index in [0.29, 0.717) is 6.04 Å². The number of hydrogen-bond acceptors (Lipinski definition) is 3. The first-order chi connectivity index (χ1) is 8.05. The van der Waals surface area contributed by atoms with Gasteiger partial charge in [0, 0.05) is 25.2 Å². The van der Waals surface area contributed by atoms with Gasteiger partial charge < -0.3 is 10.5 Å². The van der Waals surface area contributed by atoms with E-state index in [9.17, 15) is 0 Å². The van der Waals surface area contributed by atoms with Gasteiger partial charge in [0.2, 0.25) is 0 Å². The van der Waals surface area contributed by atoms with E-state index in [1.807, 2.05) is 0 Å². The minimum Gasteiger partial charge on any atom is -0.383 e. The number of nitrogens with zero attached hydrogens (tertiary/aromatic N) is 1. The normalized spacial score (nSPS) is 17.1. The molecule has 3 heteroatoms. The minimum absolute atomic E-state index is 0.113. The van der Waals surface area contributed by atoms with Gasteiger partial charge in [-0.05, 0) is 26.8 Å². The molecule has 0 aromatic heterocycles. The van der Waals surface area contributed by atoms with Gasteiger partial charge in [-0.15, -0.1) is 0 Å². The zero-order valence-corrected chi connectivity index (χ0v) is 12.5. The van der Waals surface area contributed by atoms with Crippen molar-refractivity contribution in [2.24, 2.45) is 5.73 Å². The smallest absolute Gasteiger partial charge is 0.0615 e. The van der Waals surface area contributed by atoms with Crippen molar-refractivity contribution in [3.8, 4) is 0 Å². The Bertz CT molecular complexity index is 187. The third-order valence-electron chi connectivity index (χ3n) is 3.73. The van der Waals surface area contributed by atoms with Crippen LogP contribution in [0.4, 0.5) is 0 Å². The number of unbranched alkanes of at least 4 members (excludes halogenated alkanes) is 2. The molecular formula is C14H32N2O. The average Bonchev–Trinajstić information content (AvgIpc) is 2.30. The van der Waals surface area contributed by atoms with Gasteiger partial charge in [0.05, 0.1) is 6.61 Å². The van der Waals surface area contributed by atoms with Crippen LogP contribution in [0.25, 0.3) is 0 Å². The average molecular weight is 244 g/mol. The quantitative estimate of drug-likeness (QED) is 0.600. The van der Waals surface area contributed by atoms with Crippen LogP contribution < -0.4 is 5.73 Å². The van der Waals surface area contributed by atoms with Crippen LogP contribution in [-0.2, 0) is 4.74 Å². The van der Waals surface area contributed by atoms with Crippen molar-refractivity contribution < 1.29 is 4.74 Å². The van der Waals surface area contributed by atoms with Gasteiger partial charge in [0.15, 0.2) is 0 Å². The lowest BCUT2D eigenvalue weighted by molar-refractivity contribution is 0.0237. The molecular weight excluding hydrogens is 212 g/mol. The predicted molar refractivity (Wildman–Crippen MR) is 75.3 cm³/mol. The number of methoxy groups -OCH3 is 1. The molecule has 2 atom stereocenters. The summed E-state index contributed by atoms with van der Waals surface area (Å²) in [5.74, 6) is 0. The van der Waals surface area contributed by atoms with Crippen molar-refractivity contribution in [3.05, 3.63) is 0 Å². The molecule has 2 N–H and O–H groups in total. The maximum Gasteiger partial charge on any atom is 0.0615 e. The fraction of sp³-hybridized carbons (Fsp3) is 1.00. The maximum absolute atomic E-state index is 6.02.